The number of thiophene rings is 1. The molecule has 2 nitrogen and oxygen atoms in total. The maximum absolute atomic E-state index is 13.4. The number of hydrogen-bond acceptors (Lipinski definition) is 3. The molecule has 0 saturated carbocycles. The number of pyridine rings is 1. The topological polar surface area (TPSA) is 38.9 Å². The van der Waals surface area contributed by atoms with Gasteiger partial charge in [0, 0.05) is 16.3 Å². The number of alkyl halides is 3. The summed E-state index contributed by atoms with van der Waals surface area (Å²) < 4.78 is 40.1. The largest absolute Gasteiger partial charge is 0.417 e. The molecule has 3 rings (SSSR count). The Morgan fingerprint density at radius 1 is 1.13 bits per heavy atom. The van der Waals surface area contributed by atoms with Crippen LogP contribution in [0.5, 0.6) is 0 Å². The molecule has 0 bridgehead atoms. The van der Waals surface area contributed by atoms with Crippen LogP contribution < -0.4 is 5.73 Å². The van der Waals surface area contributed by atoms with E-state index >= 15 is 0 Å². The number of fused-ring (bicyclic) bond motifs is 1. The minimum absolute atomic E-state index is 0.00921. The van der Waals surface area contributed by atoms with Gasteiger partial charge in [-0.25, -0.2) is 4.98 Å². The van der Waals surface area contributed by atoms with E-state index in [0.717, 1.165) is 23.0 Å². The summed E-state index contributed by atoms with van der Waals surface area (Å²) in [4.78, 5) is 4.66. The van der Waals surface area contributed by atoms with Crippen LogP contribution in [0.2, 0.25) is 0 Å². The molecule has 0 saturated heterocycles. The van der Waals surface area contributed by atoms with Crippen molar-refractivity contribution in [2.24, 2.45) is 0 Å². The van der Waals surface area contributed by atoms with E-state index in [0.29, 0.717) is 22.0 Å². The first-order chi connectivity index (χ1) is 10.8. The van der Waals surface area contributed by atoms with Crippen LogP contribution in [0, 0.1) is 0 Å². The second kappa shape index (κ2) is 5.53. The molecule has 23 heavy (non-hydrogen) atoms. The highest BCUT2D eigenvalue weighted by atomic mass is 32.1. The predicted octanol–water partition coefficient (Wildman–Crippen LogP) is 5.69. The first kappa shape index (κ1) is 15.8. The molecule has 0 aliphatic carbocycles. The highest BCUT2D eigenvalue weighted by Crippen LogP contribution is 2.41. The molecule has 0 unspecified atom stereocenters. The lowest BCUT2D eigenvalue weighted by molar-refractivity contribution is -0.136. The van der Waals surface area contributed by atoms with Crippen molar-refractivity contribution in [3.8, 4) is 11.3 Å². The normalized spacial score (nSPS) is 12.3. The molecule has 1 aromatic carbocycles. The maximum atomic E-state index is 13.4. The fourth-order valence-corrected chi connectivity index (χ4v) is 3.33. The molecule has 0 amide bonds. The number of anilines is 1. The fraction of sp³-hybridized carbons (Fsp3) is 0.235. The van der Waals surface area contributed by atoms with Gasteiger partial charge in [-0.05, 0) is 17.5 Å². The molecule has 6 heteroatoms. The third kappa shape index (κ3) is 2.91. The van der Waals surface area contributed by atoms with E-state index in [1.165, 1.54) is 5.38 Å². The zero-order valence-corrected chi connectivity index (χ0v) is 13.4. The second-order valence-corrected chi connectivity index (χ2v) is 6.56. The molecule has 0 fully saturated rings. The van der Waals surface area contributed by atoms with Crippen molar-refractivity contribution in [2.45, 2.75) is 25.9 Å². The van der Waals surface area contributed by atoms with Crippen LogP contribution in [0.1, 0.15) is 30.9 Å². The van der Waals surface area contributed by atoms with E-state index in [-0.39, 0.29) is 11.1 Å². The number of nitrogen functional groups attached to an aromatic ring is 1. The Hall–Kier alpha value is -2.08. The van der Waals surface area contributed by atoms with Gasteiger partial charge in [0.15, 0.2) is 0 Å². The van der Waals surface area contributed by atoms with Crippen molar-refractivity contribution >= 4 is 27.2 Å². The summed E-state index contributed by atoms with van der Waals surface area (Å²) >= 11 is 1.12. The standard InChI is InChI=1S/C17H15F3N2S/c1-9(2)10-3-5-11(6-4-10)14-7-12(17(18,19)20)15-13(21)8-23-16(15)22-14/h3-9H,21H2,1-2H3. The summed E-state index contributed by atoms with van der Waals surface area (Å²) in [5, 5.41) is 1.49. The Kier molecular flexibility index (Phi) is 3.80. The van der Waals surface area contributed by atoms with Gasteiger partial charge in [0.1, 0.15) is 4.83 Å². The summed E-state index contributed by atoms with van der Waals surface area (Å²) in [5.74, 6) is 0.363. The molecule has 0 spiro atoms. The van der Waals surface area contributed by atoms with Gasteiger partial charge in [0.25, 0.3) is 0 Å². The third-order valence-electron chi connectivity index (χ3n) is 3.75. The summed E-state index contributed by atoms with van der Waals surface area (Å²) in [6.07, 6.45) is -4.47. The number of nitrogens with zero attached hydrogens (tertiary/aromatic N) is 1. The quantitative estimate of drug-likeness (QED) is 0.653. The molecule has 2 N–H and O–H groups in total. The Labute approximate surface area is 135 Å². The summed E-state index contributed by atoms with van der Waals surface area (Å²) in [6.45, 7) is 4.13. The predicted molar refractivity (Wildman–Crippen MR) is 88.6 cm³/mol. The summed E-state index contributed by atoms with van der Waals surface area (Å²) in [6, 6.07) is 8.53. The Bertz CT molecular complexity index is 849. The molecule has 120 valence electrons. The van der Waals surface area contributed by atoms with Crippen molar-refractivity contribution in [1.29, 1.82) is 0 Å². The van der Waals surface area contributed by atoms with Gasteiger partial charge in [-0.2, -0.15) is 13.2 Å². The van der Waals surface area contributed by atoms with Gasteiger partial charge < -0.3 is 5.73 Å². The molecule has 0 radical (unpaired) electrons. The number of rotatable bonds is 2. The average molecular weight is 336 g/mol. The maximum Gasteiger partial charge on any atom is 0.417 e. The third-order valence-corrected chi connectivity index (χ3v) is 4.64. The van der Waals surface area contributed by atoms with Crippen LogP contribution in [-0.4, -0.2) is 4.98 Å². The summed E-state index contributed by atoms with van der Waals surface area (Å²) in [5.41, 5.74) is 7.17. The van der Waals surface area contributed by atoms with Crippen LogP contribution in [0.4, 0.5) is 18.9 Å². The van der Waals surface area contributed by atoms with E-state index in [4.69, 9.17) is 5.73 Å². The Balaban J connectivity index is 2.19. The summed E-state index contributed by atoms with van der Waals surface area (Å²) in [7, 11) is 0. The van der Waals surface area contributed by atoms with Crippen molar-refractivity contribution in [3.05, 3.63) is 46.8 Å². The van der Waals surface area contributed by atoms with E-state index in [9.17, 15) is 13.2 Å². The van der Waals surface area contributed by atoms with E-state index < -0.39 is 11.7 Å². The zero-order chi connectivity index (χ0) is 16.8. The van der Waals surface area contributed by atoms with Gasteiger partial charge in [0.2, 0.25) is 0 Å². The number of aromatic nitrogens is 1. The number of benzene rings is 1. The smallest absolute Gasteiger partial charge is 0.397 e. The van der Waals surface area contributed by atoms with Gasteiger partial charge in [-0.15, -0.1) is 11.3 Å². The highest BCUT2D eigenvalue weighted by Gasteiger charge is 2.34. The molecule has 0 aliphatic heterocycles. The molecule has 2 heterocycles. The molecule has 3 aromatic rings. The van der Waals surface area contributed by atoms with Crippen LogP contribution in [0.15, 0.2) is 35.7 Å². The SMILES string of the molecule is CC(C)c1ccc(-c2cc(C(F)(F)F)c3c(N)csc3n2)cc1. The molecular formula is C17H15F3N2S. The molecule has 2 aromatic heterocycles. The highest BCUT2D eigenvalue weighted by molar-refractivity contribution is 7.17. The van der Waals surface area contributed by atoms with Crippen LogP contribution in [-0.2, 0) is 6.18 Å². The lowest BCUT2D eigenvalue weighted by Gasteiger charge is -2.12. The Morgan fingerprint density at radius 3 is 2.35 bits per heavy atom. The number of nitrogens with two attached hydrogens (primary N) is 1. The van der Waals surface area contributed by atoms with Crippen molar-refractivity contribution in [2.75, 3.05) is 5.73 Å². The minimum Gasteiger partial charge on any atom is -0.397 e. The first-order valence-electron chi connectivity index (χ1n) is 7.12. The number of halogens is 3. The van der Waals surface area contributed by atoms with Crippen molar-refractivity contribution < 1.29 is 13.2 Å². The molecular weight excluding hydrogens is 321 g/mol. The minimum atomic E-state index is -4.47. The zero-order valence-electron chi connectivity index (χ0n) is 12.6. The lowest BCUT2D eigenvalue weighted by Crippen LogP contribution is -2.07. The second-order valence-electron chi connectivity index (χ2n) is 5.70. The fourth-order valence-electron chi connectivity index (χ4n) is 2.47. The van der Waals surface area contributed by atoms with Crippen molar-refractivity contribution in [1.82, 2.24) is 4.98 Å². The van der Waals surface area contributed by atoms with E-state index in [1.54, 1.807) is 12.1 Å². The van der Waals surface area contributed by atoms with Gasteiger partial charge in [-0.3, -0.25) is 0 Å². The number of hydrogen-bond donors (Lipinski definition) is 1. The lowest BCUT2D eigenvalue weighted by atomic mass is 10.00. The average Bonchev–Trinajstić information content (AvgIpc) is 2.87. The van der Waals surface area contributed by atoms with E-state index in [1.807, 2.05) is 12.1 Å². The van der Waals surface area contributed by atoms with Gasteiger partial charge in [-0.1, -0.05) is 38.1 Å². The molecule has 0 aliphatic rings. The van der Waals surface area contributed by atoms with E-state index in [2.05, 4.69) is 18.8 Å². The molecule has 0 atom stereocenters. The van der Waals surface area contributed by atoms with Gasteiger partial charge in [0.05, 0.1) is 16.9 Å². The van der Waals surface area contributed by atoms with Crippen LogP contribution >= 0.6 is 11.3 Å². The van der Waals surface area contributed by atoms with Crippen LogP contribution in [0.3, 0.4) is 0 Å². The first-order valence-corrected chi connectivity index (χ1v) is 8.00. The van der Waals surface area contributed by atoms with Crippen LogP contribution in [0.25, 0.3) is 21.5 Å². The Morgan fingerprint density at radius 2 is 1.78 bits per heavy atom. The van der Waals surface area contributed by atoms with Gasteiger partial charge >= 0.3 is 6.18 Å². The monoisotopic (exact) mass is 336 g/mol. The van der Waals surface area contributed by atoms with Crippen molar-refractivity contribution in [3.63, 3.8) is 0 Å².